The SMILES string of the molecule is C=C(C)C(=O)OC1CC2(C)OC(O)(CC2O)/C(C)=C\C2OC(=O)C(=C)C21. The van der Waals surface area contributed by atoms with Gasteiger partial charge in [0.15, 0.2) is 5.79 Å². The zero-order chi connectivity index (χ0) is 19.4. The summed E-state index contributed by atoms with van der Waals surface area (Å²) in [5, 5.41) is 21.3. The second-order valence-electron chi connectivity index (χ2n) is 7.62. The van der Waals surface area contributed by atoms with Crippen molar-refractivity contribution in [3.05, 3.63) is 36.0 Å². The largest absolute Gasteiger partial charge is 0.458 e. The van der Waals surface area contributed by atoms with Gasteiger partial charge in [0.2, 0.25) is 0 Å². The Hall–Kier alpha value is -1.96. The van der Waals surface area contributed by atoms with Crippen molar-refractivity contribution in [3.8, 4) is 0 Å². The third-order valence-electron chi connectivity index (χ3n) is 5.48. The van der Waals surface area contributed by atoms with Gasteiger partial charge in [0, 0.05) is 24.0 Å². The molecule has 0 amide bonds. The van der Waals surface area contributed by atoms with E-state index in [4.69, 9.17) is 14.2 Å². The van der Waals surface area contributed by atoms with Crippen molar-refractivity contribution in [1.29, 1.82) is 0 Å². The van der Waals surface area contributed by atoms with Crippen LogP contribution >= 0.6 is 0 Å². The number of fused-ring (bicyclic) bond motifs is 3. The average molecular weight is 364 g/mol. The van der Waals surface area contributed by atoms with Gasteiger partial charge in [0.1, 0.15) is 12.2 Å². The maximum absolute atomic E-state index is 12.1. The van der Waals surface area contributed by atoms with Crippen molar-refractivity contribution in [2.24, 2.45) is 5.92 Å². The minimum atomic E-state index is -1.68. The molecule has 2 fully saturated rings. The lowest BCUT2D eigenvalue weighted by Crippen LogP contribution is -2.44. The standard InChI is InChI=1S/C19H24O7/c1-9(2)16(21)25-13-7-18(5)14(20)8-19(23,26-18)10(3)6-12-15(13)11(4)17(22)24-12/h6,12-15,20,23H,1,4,7-8H2,2-3,5H3/b10-6-. The lowest BCUT2D eigenvalue weighted by Gasteiger charge is -2.34. The van der Waals surface area contributed by atoms with Gasteiger partial charge in [-0.05, 0) is 32.4 Å². The second-order valence-corrected chi connectivity index (χ2v) is 7.62. The molecule has 0 spiro atoms. The van der Waals surface area contributed by atoms with E-state index in [0.717, 1.165) is 0 Å². The molecule has 0 aromatic carbocycles. The molecular weight excluding hydrogens is 340 g/mol. The second kappa shape index (κ2) is 6.04. The predicted octanol–water partition coefficient (Wildman–Crippen LogP) is 1.15. The summed E-state index contributed by atoms with van der Waals surface area (Å²) in [7, 11) is 0. The van der Waals surface area contributed by atoms with E-state index in [1.165, 1.54) is 6.92 Å². The van der Waals surface area contributed by atoms with Crippen molar-refractivity contribution in [1.82, 2.24) is 0 Å². The first-order valence-electron chi connectivity index (χ1n) is 8.52. The van der Waals surface area contributed by atoms with Gasteiger partial charge < -0.3 is 24.4 Å². The average Bonchev–Trinajstić information content (AvgIpc) is 2.93. The highest BCUT2D eigenvalue weighted by molar-refractivity contribution is 5.91. The molecule has 6 atom stereocenters. The molecule has 2 N–H and O–H groups in total. The van der Waals surface area contributed by atoms with Crippen molar-refractivity contribution in [2.45, 2.75) is 63.3 Å². The van der Waals surface area contributed by atoms with E-state index >= 15 is 0 Å². The van der Waals surface area contributed by atoms with Gasteiger partial charge in [-0.3, -0.25) is 0 Å². The summed E-state index contributed by atoms with van der Waals surface area (Å²) < 4.78 is 16.8. The van der Waals surface area contributed by atoms with Crippen LogP contribution in [0.15, 0.2) is 36.0 Å². The number of aliphatic hydroxyl groups excluding tert-OH is 1. The predicted molar refractivity (Wildman–Crippen MR) is 90.6 cm³/mol. The molecule has 2 saturated heterocycles. The molecule has 0 aromatic rings. The molecule has 3 heterocycles. The van der Waals surface area contributed by atoms with Crippen molar-refractivity contribution in [3.63, 3.8) is 0 Å². The zero-order valence-electron chi connectivity index (χ0n) is 15.2. The van der Waals surface area contributed by atoms with E-state index < -0.39 is 47.6 Å². The van der Waals surface area contributed by atoms with E-state index in [1.807, 2.05) is 0 Å². The van der Waals surface area contributed by atoms with Crippen LogP contribution in [0.1, 0.15) is 33.6 Å². The third kappa shape index (κ3) is 2.90. The Morgan fingerprint density at radius 1 is 1.42 bits per heavy atom. The maximum Gasteiger partial charge on any atom is 0.334 e. The molecular formula is C19H24O7. The van der Waals surface area contributed by atoms with Crippen LogP contribution in [0.2, 0.25) is 0 Å². The molecule has 3 aliphatic rings. The first-order valence-corrected chi connectivity index (χ1v) is 8.52. The highest BCUT2D eigenvalue weighted by atomic mass is 16.7. The number of hydrogen-bond acceptors (Lipinski definition) is 7. The molecule has 7 heteroatoms. The van der Waals surface area contributed by atoms with Gasteiger partial charge in [-0.2, -0.15) is 0 Å². The van der Waals surface area contributed by atoms with Crippen LogP contribution in [0.4, 0.5) is 0 Å². The molecule has 26 heavy (non-hydrogen) atoms. The van der Waals surface area contributed by atoms with E-state index in [9.17, 15) is 19.8 Å². The van der Waals surface area contributed by atoms with Crippen molar-refractivity contribution in [2.75, 3.05) is 0 Å². The van der Waals surface area contributed by atoms with Crippen LogP contribution in [-0.2, 0) is 23.8 Å². The number of rotatable bonds is 2. The van der Waals surface area contributed by atoms with Crippen molar-refractivity contribution >= 4 is 11.9 Å². The summed E-state index contributed by atoms with van der Waals surface area (Å²) in [6.07, 6.45) is -0.957. The lowest BCUT2D eigenvalue weighted by molar-refractivity contribution is -0.208. The number of carbonyl (C=O) groups is 2. The van der Waals surface area contributed by atoms with Crippen LogP contribution in [0.5, 0.6) is 0 Å². The maximum atomic E-state index is 12.1. The number of ether oxygens (including phenoxy) is 3. The normalized spacial score (nSPS) is 44.1. The molecule has 0 aliphatic carbocycles. The summed E-state index contributed by atoms with van der Waals surface area (Å²) in [5.41, 5.74) is -0.366. The highest BCUT2D eigenvalue weighted by Gasteiger charge is 2.58. The molecule has 2 bridgehead atoms. The Morgan fingerprint density at radius 3 is 2.69 bits per heavy atom. The molecule has 6 unspecified atom stereocenters. The fraction of sp³-hybridized carbons (Fsp3) is 0.579. The minimum Gasteiger partial charge on any atom is -0.458 e. The van der Waals surface area contributed by atoms with E-state index in [2.05, 4.69) is 13.2 Å². The Morgan fingerprint density at radius 2 is 2.08 bits per heavy atom. The Bertz CT molecular complexity index is 723. The Kier molecular flexibility index (Phi) is 4.37. The van der Waals surface area contributed by atoms with Crippen LogP contribution in [0.3, 0.4) is 0 Å². The van der Waals surface area contributed by atoms with E-state index in [1.54, 1.807) is 19.9 Å². The Balaban J connectivity index is 2.08. The van der Waals surface area contributed by atoms with Gasteiger partial charge in [0.05, 0.1) is 17.6 Å². The summed E-state index contributed by atoms with van der Waals surface area (Å²) in [5.74, 6) is -3.52. The molecule has 7 nitrogen and oxygen atoms in total. The van der Waals surface area contributed by atoms with Crippen LogP contribution in [0.25, 0.3) is 0 Å². The first kappa shape index (κ1) is 18.8. The van der Waals surface area contributed by atoms with Crippen LogP contribution < -0.4 is 0 Å². The molecule has 3 aliphatic heterocycles. The lowest BCUT2D eigenvalue weighted by atomic mass is 9.80. The molecule has 0 aromatic heterocycles. The van der Waals surface area contributed by atoms with Gasteiger partial charge in [-0.25, -0.2) is 9.59 Å². The monoisotopic (exact) mass is 364 g/mol. The Labute approximate surface area is 151 Å². The van der Waals surface area contributed by atoms with Gasteiger partial charge >= 0.3 is 11.9 Å². The molecule has 3 rings (SSSR count). The molecule has 0 radical (unpaired) electrons. The highest BCUT2D eigenvalue weighted by Crippen LogP contribution is 2.47. The number of aliphatic hydroxyl groups is 2. The van der Waals surface area contributed by atoms with Gasteiger partial charge in [-0.15, -0.1) is 0 Å². The molecule has 0 saturated carbocycles. The summed E-state index contributed by atoms with van der Waals surface area (Å²) in [6, 6.07) is 0. The number of carbonyl (C=O) groups excluding carboxylic acids is 2. The first-order chi connectivity index (χ1) is 12.0. The summed E-state index contributed by atoms with van der Waals surface area (Å²) in [4.78, 5) is 24.2. The number of hydrogen-bond donors (Lipinski definition) is 2. The smallest absolute Gasteiger partial charge is 0.334 e. The zero-order valence-corrected chi connectivity index (χ0v) is 15.2. The topological polar surface area (TPSA) is 102 Å². The summed E-state index contributed by atoms with van der Waals surface area (Å²) >= 11 is 0. The fourth-order valence-electron chi connectivity index (χ4n) is 3.83. The van der Waals surface area contributed by atoms with E-state index in [-0.39, 0.29) is 24.0 Å². The quantitative estimate of drug-likeness (QED) is 0.430. The third-order valence-corrected chi connectivity index (χ3v) is 5.48. The molecule has 142 valence electrons. The fourth-order valence-corrected chi connectivity index (χ4v) is 3.83. The summed E-state index contributed by atoms with van der Waals surface area (Å²) in [6.45, 7) is 12.2. The van der Waals surface area contributed by atoms with Crippen LogP contribution in [0, 0.1) is 5.92 Å². The van der Waals surface area contributed by atoms with Crippen molar-refractivity contribution < 1.29 is 34.0 Å². The minimum absolute atomic E-state index is 0.0285. The van der Waals surface area contributed by atoms with E-state index in [0.29, 0.717) is 5.57 Å². The number of esters is 2. The van der Waals surface area contributed by atoms with Crippen LogP contribution in [-0.4, -0.2) is 51.9 Å². The van der Waals surface area contributed by atoms with Gasteiger partial charge in [0.25, 0.3) is 0 Å². The van der Waals surface area contributed by atoms with Gasteiger partial charge in [-0.1, -0.05) is 13.2 Å².